The summed E-state index contributed by atoms with van der Waals surface area (Å²) >= 11 is 6.06. The maximum absolute atomic E-state index is 12.6. The summed E-state index contributed by atoms with van der Waals surface area (Å²) in [6.07, 6.45) is 5.56. The van der Waals surface area contributed by atoms with Crippen molar-refractivity contribution in [2.75, 3.05) is 14.2 Å². The van der Waals surface area contributed by atoms with Crippen LogP contribution in [-0.4, -0.2) is 35.3 Å². The molecular formula is C54H45ClN2O4. The summed E-state index contributed by atoms with van der Waals surface area (Å²) in [5.74, 6) is -0.675. The predicted octanol–water partition coefficient (Wildman–Crippen LogP) is 12.5. The molecule has 0 bridgehead atoms. The second-order valence-corrected chi connectivity index (χ2v) is 15.5. The van der Waals surface area contributed by atoms with Gasteiger partial charge in [-0.3, -0.25) is 0 Å². The number of esters is 2. The van der Waals surface area contributed by atoms with E-state index in [0.717, 1.165) is 46.5 Å². The summed E-state index contributed by atoms with van der Waals surface area (Å²) in [7, 11) is 2.82. The molecule has 0 saturated carbocycles. The van der Waals surface area contributed by atoms with Gasteiger partial charge in [0.15, 0.2) is 0 Å². The maximum atomic E-state index is 12.6. The number of benzene rings is 7. The number of methoxy groups -OCH3 is 2. The lowest BCUT2D eigenvalue weighted by Gasteiger charge is -2.12. The number of fused-ring (bicyclic) bond motifs is 2. The van der Waals surface area contributed by atoms with E-state index in [-0.39, 0.29) is 11.9 Å². The average Bonchev–Trinajstić information content (AvgIpc) is 3.90. The molecule has 0 unspecified atom stereocenters. The highest BCUT2D eigenvalue weighted by molar-refractivity contribution is 6.31. The monoisotopic (exact) mass is 820 g/mol. The van der Waals surface area contributed by atoms with E-state index in [0.29, 0.717) is 29.0 Å². The Balaban J connectivity index is 0.000000171. The highest BCUT2D eigenvalue weighted by atomic mass is 35.5. The largest absolute Gasteiger partial charge is 0.465 e. The van der Waals surface area contributed by atoms with Gasteiger partial charge in [0.2, 0.25) is 0 Å². The number of aromatic nitrogens is 2. The second kappa shape index (κ2) is 18.8. The van der Waals surface area contributed by atoms with E-state index >= 15 is 0 Å². The Morgan fingerprint density at radius 1 is 0.459 bits per heavy atom. The molecular weight excluding hydrogens is 776 g/mol. The van der Waals surface area contributed by atoms with Crippen LogP contribution in [0.15, 0.2) is 188 Å². The SMILES string of the molecule is COC(=O)c1cc(-c2ccccc2)ccc1Cc1ccc2c(ccn2Cc2ccccc2)c1.COC(=O)c1cc(Cl)ccc1Cc1ccc2c(ccn2Cc2ccccc2)c1. The molecule has 0 radical (unpaired) electrons. The van der Waals surface area contributed by atoms with Crippen molar-refractivity contribution in [2.45, 2.75) is 25.9 Å². The van der Waals surface area contributed by atoms with Crippen LogP contribution >= 0.6 is 11.6 Å². The van der Waals surface area contributed by atoms with Gasteiger partial charge in [-0.2, -0.15) is 0 Å². The van der Waals surface area contributed by atoms with Gasteiger partial charge in [-0.05, 0) is 123 Å². The van der Waals surface area contributed by atoms with Crippen molar-refractivity contribution in [1.82, 2.24) is 9.13 Å². The Morgan fingerprint density at radius 2 is 0.918 bits per heavy atom. The zero-order valence-corrected chi connectivity index (χ0v) is 34.9. The smallest absolute Gasteiger partial charge is 0.338 e. The first-order chi connectivity index (χ1) is 29.8. The van der Waals surface area contributed by atoms with Gasteiger partial charge in [0.25, 0.3) is 0 Å². The van der Waals surface area contributed by atoms with Crippen molar-refractivity contribution < 1.29 is 19.1 Å². The van der Waals surface area contributed by atoms with E-state index in [1.807, 2.05) is 60.7 Å². The molecule has 0 aliphatic rings. The van der Waals surface area contributed by atoms with Crippen molar-refractivity contribution in [3.63, 3.8) is 0 Å². The van der Waals surface area contributed by atoms with E-state index in [2.05, 4.69) is 125 Å². The molecule has 7 heteroatoms. The minimum absolute atomic E-state index is 0.308. The fraction of sp³-hybridized carbons (Fsp3) is 0.111. The molecule has 302 valence electrons. The highest BCUT2D eigenvalue weighted by Crippen LogP contribution is 2.28. The lowest BCUT2D eigenvalue weighted by molar-refractivity contribution is 0.0590. The fourth-order valence-electron chi connectivity index (χ4n) is 7.84. The molecule has 9 rings (SSSR count). The summed E-state index contributed by atoms with van der Waals surface area (Å²) in [6.45, 7) is 1.69. The first-order valence-corrected chi connectivity index (χ1v) is 20.6. The Hall–Kier alpha value is -7.15. The zero-order valence-electron chi connectivity index (χ0n) is 34.1. The number of hydrogen-bond donors (Lipinski definition) is 0. The Kier molecular flexibility index (Phi) is 12.5. The quantitative estimate of drug-likeness (QED) is 0.122. The first kappa shape index (κ1) is 40.6. The molecule has 0 aliphatic carbocycles. The zero-order chi connectivity index (χ0) is 42.1. The number of rotatable bonds is 11. The van der Waals surface area contributed by atoms with Crippen molar-refractivity contribution in [3.05, 3.63) is 238 Å². The molecule has 0 spiro atoms. The van der Waals surface area contributed by atoms with E-state index in [1.165, 1.54) is 47.2 Å². The van der Waals surface area contributed by atoms with Crippen LogP contribution in [0, 0.1) is 0 Å². The van der Waals surface area contributed by atoms with Crippen LogP contribution in [0.5, 0.6) is 0 Å². The van der Waals surface area contributed by atoms with E-state index in [9.17, 15) is 9.59 Å². The Bertz CT molecular complexity index is 2940. The lowest BCUT2D eigenvalue weighted by Crippen LogP contribution is -2.06. The van der Waals surface area contributed by atoms with Gasteiger partial charge in [0, 0.05) is 41.5 Å². The summed E-state index contributed by atoms with van der Waals surface area (Å²) in [4.78, 5) is 24.7. The average molecular weight is 821 g/mol. The second-order valence-electron chi connectivity index (χ2n) is 15.0. The minimum Gasteiger partial charge on any atom is -0.465 e. The van der Waals surface area contributed by atoms with Crippen molar-refractivity contribution in [2.24, 2.45) is 0 Å². The molecule has 0 saturated heterocycles. The summed E-state index contributed by atoms with van der Waals surface area (Å²) in [6, 6.07) is 59.6. The summed E-state index contributed by atoms with van der Waals surface area (Å²) < 4.78 is 14.5. The van der Waals surface area contributed by atoms with Crippen molar-refractivity contribution in [1.29, 1.82) is 0 Å². The third kappa shape index (κ3) is 9.67. The molecule has 0 aliphatic heterocycles. The van der Waals surface area contributed by atoms with Gasteiger partial charge in [-0.15, -0.1) is 0 Å². The van der Waals surface area contributed by atoms with Gasteiger partial charge in [-0.25, -0.2) is 9.59 Å². The van der Waals surface area contributed by atoms with Gasteiger partial charge < -0.3 is 18.6 Å². The highest BCUT2D eigenvalue weighted by Gasteiger charge is 2.16. The lowest BCUT2D eigenvalue weighted by atomic mass is 9.95. The Morgan fingerprint density at radius 3 is 1.41 bits per heavy atom. The molecule has 0 N–H and O–H groups in total. The Labute approximate surface area is 361 Å². The summed E-state index contributed by atoms with van der Waals surface area (Å²) in [5.41, 5.74) is 12.3. The first-order valence-electron chi connectivity index (χ1n) is 20.2. The van der Waals surface area contributed by atoms with Crippen LogP contribution in [0.4, 0.5) is 0 Å². The molecule has 6 nitrogen and oxygen atoms in total. The van der Waals surface area contributed by atoms with Crippen LogP contribution in [0.1, 0.15) is 54.1 Å². The molecule has 61 heavy (non-hydrogen) atoms. The number of nitrogens with zero attached hydrogens (tertiary/aromatic N) is 2. The molecule has 0 amide bonds. The molecule has 2 aromatic heterocycles. The molecule has 7 aromatic carbocycles. The van der Waals surface area contributed by atoms with E-state index < -0.39 is 0 Å². The van der Waals surface area contributed by atoms with Gasteiger partial charge in [-0.1, -0.05) is 133 Å². The van der Waals surface area contributed by atoms with Crippen LogP contribution < -0.4 is 0 Å². The van der Waals surface area contributed by atoms with E-state index in [4.69, 9.17) is 21.1 Å². The molecule has 0 fully saturated rings. The topological polar surface area (TPSA) is 62.5 Å². The third-order valence-corrected chi connectivity index (χ3v) is 11.2. The van der Waals surface area contributed by atoms with Crippen molar-refractivity contribution >= 4 is 45.3 Å². The van der Waals surface area contributed by atoms with Gasteiger partial charge in [0.05, 0.1) is 25.3 Å². The van der Waals surface area contributed by atoms with Gasteiger partial charge >= 0.3 is 11.9 Å². The van der Waals surface area contributed by atoms with Crippen LogP contribution in [0.3, 0.4) is 0 Å². The number of carbonyl (C=O) groups is 2. The van der Waals surface area contributed by atoms with Crippen LogP contribution in [0.2, 0.25) is 5.02 Å². The van der Waals surface area contributed by atoms with Crippen LogP contribution in [-0.2, 0) is 35.4 Å². The normalized spacial score (nSPS) is 10.9. The van der Waals surface area contributed by atoms with Gasteiger partial charge in [0.1, 0.15) is 0 Å². The number of carbonyl (C=O) groups excluding carboxylic acids is 2. The minimum atomic E-state index is -0.368. The third-order valence-electron chi connectivity index (χ3n) is 11.0. The van der Waals surface area contributed by atoms with E-state index in [1.54, 1.807) is 12.1 Å². The number of halogens is 1. The number of hydrogen-bond acceptors (Lipinski definition) is 4. The molecule has 9 aromatic rings. The fourth-order valence-corrected chi connectivity index (χ4v) is 8.01. The molecule has 2 heterocycles. The standard InChI is InChI=1S/C30H25NO2.C24H20ClNO2/c1-33-30(32)28-20-25(24-10-6-3-7-11-24)13-14-26(28)18-23-12-15-29-27(19-23)16-17-31(29)21-22-8-4-2-5-9-22;1-28-24(27)22-15-21(25)9-8-19(22)13-18-7-10-23-20(14-18)11-12-26(23)16-17-5-3-2-4-6-17/h2-17,19-20H,18,21H2,1H3;2-12,14-15H,13,16H2,1H3. The van der Waals surface area contributed by atoms with Crippen molar-refractivity contribution in [3.8, 4) is 11.1 Å². The predicted molar refractivity (Wildman–Crippen MR) is 247 cm³/mol. The summed E-state index contributed by atoms with van der Waals surface area (Å²) in [5, 5.41) is 2.91. The van der Waals surface area contributed by atoms with Crippen LogP contribution in [0.25, 0.3) is 32.9 Å². The molecule has 0 atom stereocenters. The maximum Gasteiger partial charge on any atom is 0.338 e. The number of ether oxygens (including phenoxy) is 2.